The molecule has 0 heterocycles. The second-order valence-electron chi connectivity index (χ2n) is 0.595. The molecule has 0 aliphatic heterocycles. The fourth-order valence-electron chi connectivity index (χ4n) is 0.0806. The monoisotopic (exact) mass is 357 g/mol. The summed E-state index contributed by atoms with van der Waals surface area (Å²) in [7, 11) is -0.648. The zero-order valence-corrected chi connectivity index (χ0v) is 9.84. The Kier molecular flexibility index (Phi) is 8.14. The molecule has 0 saturated heterocycles. The van der Waals surface area contributed by atoms with E-state index >= 15 is 0 Å². The van der Waals surface area contributed by atoms with Gasteiger partial charge in [0.15, 0.2) is 0 Å². The average Bonchev–Trinajstić information content (AvgIpc) is 1.68. The third-order valence-corrected chi connectivity index (χ3v) is 4.18. The summed E-state index contributed by atoms with van der Waals surface area (Å²) in [6.07, 6.45) is 0. The Hall–Kier alpha value is 1.64. The number of halogens is 1. The van der Waals surface area contributed by atoms with E-state index in [1.807, 2.05) is 0 Å². The van der Waals surface area contributed by atoms with E-state index in [0.717, 1.165) is 31.0 Å². The molecule has 0 radical (unpaired) electrons. The molecule has 0 amide bonds. The molecule has 0 fully saturated rings. The van der Waals surface area contributed by atoms with Gasteiger partial charge >= 0.3 is 73.9 Å². The van der Waals surface area contributed by atoms with E-state index in [4.69, 9.17) is 0 Å². The summed E-state index contributed by atoms with van der Waals surface area (Å²) in [4.78, 5) is 0. The molecule has 0 rings (SSSR count). The van der Waals surface area contributed by atoms with Gasteiger partial charge in [0.1, 0.15) is 0 Å². The summed E-state index contributed by atoms with van der Waals surface area (Å²) < 4.78 is 15.7. The predicted molar refractivity (Wildman–Crippen MR) is 39.6 cm³/mol. The molecule has 0 aliphatic carbocycles. The van der Waals surface area contributed by atoms with Gasteiger partial charge < -0.3 is 0 Å². The van der Waals surface area contributed by atoms with Crippen molar-refractivity contribution in [1.82, 2.24) is 0 Å². The molecule has 0 aromatic carbocycles. The van der Waals surface area contributed by atoms with Crippen molar-refractivity contribution in [2.45, 2.75) is 0 Å². The van der Waals surface area contributed by atoms with Crippen LogP contribution >= 0.6 is 43.6 Å². The first-order valence-corrected chi connectivity index (χ1v) is 6.28. The van der Waals surface area contributed by atoms with Crippen LogP contribution in [0.25, 0.3) is 0 Å². The fraction of sp³-hybridized carbons (Fsp3) is 0. The number of rotatable bonds is 2. The van der Waals surface area contributed by atoms with Crippen molar-refractivity contribution in [1.29, 1.82) is 0 Å². The average molecular weight is 357 g/mol. The molecule has 0 aromatic rings. The minimum absolute atomic E-state index is 0.570. The van der Waals surface area contributed by atoms with E-state index in [1.54, 1.807) is 0 Å². The van der Waals surface area contributed by atoms with Crippen LogP contribution in [-0.2, 0) is 19.6 Å². The summed E-state index contributed by atoms with van der Waals surface area (Å²) >= 11 is 7.98. The minimum atomic E-state index is -0.648. The molecule has 46 valence electrons. The molecule has 0 aliphatic rings. The van der Waals surface area contributed by atoms with Crippen LogP contribution in [0, 0.1) is 0 Å². The van der Waals surface area contributed by atoms with Crippen LogP contribution in [0.3, 0.4) is 0 Å². The fourth-order valence-corrected chi connectivity index (χ4v) is 3.60. The van der Waals surface area contributed by atoms with Gasteiger partial charge in [0.2, 0.25) is 0 Å². The van der Waals surface area contributed by atoms with Crippen LogP contribution in [0.1, 0.15) is 0 Å². The van der Waals surface area contributed by atoms with E-state index in [1.165, 1.54) is 11.9 Å². The molecule has 1 nitrogen and oxygen atoms in total. The number of hydrogen-bond donors (Lipinski definition) is 0. The van der Waals surface area contributed by atoms with Crippen LogP contribution in [0.15, 0.2) is 2.90 Å². The Labute approximate surface area is 73.5 Å². The first-order valence-electron chi connectivity index (χ1n) is 1.37. The Bertz CT molecular complexity index is 99.3. The summed E-state index contributed by atoms with van der Waals surface area (Å²) in [6.45, 7) is 0. The van der Waals surface area contributed by atoms with Crippen molar-refractivity contribution in [2.75, 3.05) is 0 Å². The second kappa shape index (κ2) is 6.75. The maximum absolute atomic E-state index is 11.4. The van der Waals surface area contributed by atoms with E-state index < -0.39 is 8.09 Å². The second-order valence-corrected chi connectivity index (χ2v) is 5.97. The van der Waals surface area contributed by atoms with Gasteiger partial charge in [-0.15, -0.1) is 0 Å². The first-order chi connectivity index (χ1) is 3.81. The Morgan fingerprint density at radius 3 is 2.88 bits per heavy atom. The molecule has 1 atom stereocenters. The topological polar surface area (TPSA) is 12.4 Å². The van der Waals surface area contributed by atoms with E-state index in [2.05, 4.69) is 15.1 Å². The normalized spacial score (nSPS) is 10.1. The first kappa shape index (κ1) is 9.64. The zero-order valence-electron chi connectivity index (χ0n) is 3.46. The van der Waals surface area contributed by atoms with Gasteiger partial charge in [0, 0.05) is 0 Å². The van der Waals surface area contributed by atoms with Crippen LogP contribution in [0.4, 0.5) is 4.20 Å². The standard InChI is InChI=1S/CHFNPS3.W/c2-4-7-1(5)6-3;/h4H;. The summed E-state index contributed by atoms with van der Waals surface area (Å²) in [6, 6.07) is 0. The van der Waals surface area contributed by atoms with Gasteiger partial charge in [-0.1, -0.05) is 0 Å². The zero-order chi connectivity index (χ0) is 6.41. The van der Waals surface area contributed by atoms with Crippen molar-refractivity contribution in [3.63, 3.8) is 0 Å². The predicted octanol–water partition coefficient (Wildman–Crippen LogP) is 2.86. The molecule has 1 unspecified atom stereocenters. The van der Waals surface area contributed by atoms with Crippen LogP contribution in [0.5, 0.6) is 0 Å². The molecule has 0 N–H and O–H groups in total. The molecule has 0 spiro atoms. The van der Waals surface area contributed by atoms with Crippen molar-refractivity contribution in [3.8, 4) is 0 Å². The van der Waals surface area contributed by atoms with Gasteiger partial charge in [-0.25, -0.2) is 0 Å². The van der Waals surface area contributed by atoms with Crippen molar-refractivity contribution in [2.24, 2.45) is 2.90 Å². The molecule has 0 aromatic heterocycles. The van der Waals surface area contributed by atoms with Crippen LogP contribution in [0.2, 0.25) is 0 Å². The van der Waals surface area contributed by atoms with Gasteiger partial charge in [0.25, 0.3) is 0 Å². The van der Waals surface area contributed by atoms with Gasteiger partial charge in [-0.2, -0.15) is 0 Å². The maximum atomic E-state index is 11.4. The summed E-state index contributed by atoms with van der Waals surface area (Å²) in [5, 5.41) is 0. The SMILES string of the molecule is FPSC(=S)S[N]=[W]. The van der Waals surface area contributed by atoms with Crippen molar-refractivity contribution < 1.29 is 23.8 Å². The van der Waals surface area contributed by atoms with E-state index in [-0.39, 0.29) is 0 Å². The molecule has 8 heavy (non-hydrogen) atoms. The van der Waals surface area contributed by atoms with E-state index in [9.17, 15) is 4.20 Å². The molecule has 0 saturated carbocycles. The van der Waals surface area contributed by atoms with E-state index in [0.29, 0.717) is 3.53 Å². The summed E-state index contributed by atoms with van der Waals surface area (Å²) in [5.41, 5.74) is 0. The van der Waals surface area contributed by atoms with Gasteiger partial charge in [-0.05, 0) is 0 Å². The molecule has 0 bridgehead atoms. The summed E-state index contributed by atoms with van der Waals surface area (Å²) in [5.74, 6) is 0. The Morgan fingerprint density at radius 1 is 1.88 bits per heavy atom. The van der Waals surface area contributed by atoms with Gasteiger partial charge in [-0.3, -0.25) is 0 Å². The van der Waals surface area contributed by atoms with Crippen molar-refractivity contribution in [3.05, 3.63) is 0 Å². The Morgan fingerprint density at radius 2 is 2.50 bits per heavy atom. The van der Waals surface area contributed by atoms with Gasteiger partial charge in [0.05, 0.1) is 0 Å². The molecule has 7 heteroatoms. The Balaban J connectivity index is 3.18. The number of thiocarbonyl (C=S) groups is 1. The molecular formula is CHFNPS3W. The third kappa shape index (κ3) is 5.77. The number of hydrogen-bond acceptors (Lipinski definition) is 4. The number of nitrogens with zero attached hydrogens (tertiary/aromatic N) is 1. The molecular weight excluding hydrogens is 356 g/mol. The third-order valence-electron chi connectivity index (χ3n) is 0.234. The van der Waals surface area contributed by atoms with Crippen molar-refractivity contribution >= 4 is 47.2 Å². The van der Waals surface area contributed by atoms with Crippen LogP contribution in [-0.4, -0.2) is 3.53 Å². The quantitative estimate of drug-likeness (QED) is 0.429. The van der Waals surface area contributed by atoms with Crippen LogP contribution < -0.4 is 0 Å².